The number of benzene rings is 2. The summed E-state index contributed by atoms with van der Waals surface area (Å²) in [7, 11) is 3.71. The standard InChI is InChI=1S/C26H26FN3O3/c1-29-15-18-5-3-4-6-21(18)26(29,30(2)24-14-28-12-11-20(24)25(31)32)22-13-19(9-10-23(22)27)33-16-17-7-8-17/h3-6,9-14,17H,7-8,15-16H2,1-2H3,(H,31,32). The normalized spacial score (nSPS) is 19.8. The molecule has 3 aromatic rings. The molecule has 0 spiro atoms. The summed E-state index contributed by atoms with van der Waals surface area (Å²) in [5.41, 5.74) is 1.77. The maximum Gasteiger partial charge on any atom is 0.337 e. The summed E-state index contributed by atoms with van der Waals surface area (Å²) in [4.78, 5) is 20.1. The summed E-state index contributed by atoms with van der Waals surface area (Å²) in [6.45, 7) is 1.20. The first kappa shape index (κ1) is 21.4. The third-order valence-electron chi connectivity index (χ3n) is 6.73. The van der Waals surface area contributed by atoms with Crippen LogP contribution in [0.25, 0.3) is 0 Å². The molecule has 5 rings (SSSR count). The van der Waals surface area contributed by atoms with Gasteiger partial charge in [0.15, 0.2) is 0 Å². The highest BCUT2D eigenvalue weighted by atomic mass is 19.1. The molecule has 7 heteroatoms. The van der Waals surface area contributed by atoms with Crippen LogP contribution in [0.15, 0.2) is 60.9 Å². The lowest BCUT2D eigenvalue weighted by Gasteiger charge is -2.46. The van der Waals surface area contributed by atoms with E-state index < -0.39 is 11.6 Å². The van der Waals surface area contributed by atoms with Crippen LogP contribution in [-0.2, 0) is 12.2 Å². The molecule has 1 saturated carbocycles. The first-order valence-corrected chi connectivity index (χ1v) is 11.1. The second-order valence-corrected chi connectivity index (χ2v) is 8.84. The van der Waals surface area contributed by atoms with Crippen molar-refractivity contribution in [1.82, 2.24) is 9.88 Å². The molecule has 0 amide bonds. The van der Waals surface area contributed by atoms with E-state index in [-0.39, 0.29) is 11.4 Å². The largest absolute Gasteiger partial charge is 0.493 e. The molecule has 1 aliphatic carbocycles. The van der Waals surface area contributed by atoms with Crippen LogP contribution in [0.1, 0.15) is 39.9 Å². The van der Waals surface area contributed by atoms with Crippen molar-refractivity contribution in [3.05, 3.63) is 89.0 Å². The number of carbonyl (C=O) groups is 1. The second kappa shape index (κ2) is 8.15. The van der Waals surface area contributed by atoms with Crippen LogP contribution in [0.4, 0.5) is 10.1 Å². The van der Waals surface area contributed by atoms with Crippen molar-refractivity contribution < 1.29 is 19.0 Å². The molecule has 170 valence electrons. The monoisotopic (exact) mass is 447 g/mol. The summed E-state index contributed by atoms with van der Waals surface area (Å²) >= 11 is 0. The number of aromatic carboxylic acids is 1. The quantitative estimate of drug-likeness (QED) is 0.576. The Labute approximate surface area is 192 Å². The van der Waals surface area contributed by atoms with E-state index in [4.69, 9.17) is 4.74 Å². The van der Waals surface area contributed by atoms with Gasteiger partial charge < -0.3 is 14.7 Å². The zero-order valence-electron chi connectivity index (χ0n) is 18.7. The topological polar surface area (TPSA) is 65.9 Å². The van der Waals surface area contributed by atoms with Crippen LogP contribution < -0.4 is 9.64 Å². The van der Waals surface area contributed by atoms with Crippen LogP contribution in [-0.4, -0.2) is 41.7 Å². The summed E-state index contributed by atoms with van der Waals surface area (Å²) in [5, 5.41) is 9.84. The number of hydrogen-bond donors (Lipinski definition) is 1. The maximum absolute atomic E-state index is 15.6. The van der Waals surface area contributed by atoms with Gasteiger partial charge in [0.25, 0.3) is 0 Å². The number of rotatable bonds is 7. The Morgan fingerprint density at radius 1 is 1.24 bits per heavy atom. The minimum Gasteiger partial charge on any atom is -0.493 e. The van der Waals surface area contributed by atoms with Crippen molar-refractivity contribution in [3.63, 3.8) is 0 Å². The molecule has 0 radical (unpaired) electrons. The van der Waals surface area contributed by atoms with Crippen molar-refractivity contribution in [2.24, 2.45) is 5.92 Å². The minimum atomic E-state index is -1.09. The number of hydrogen-bond acceptors (Lipinski definition) is 5. The fraction of sp³-hybridized carbons (Fsp3) is 0.308. The lowest BCUT2D eigenvalue weighted by atomic mass is 9.88. The molecule has 1 fully saturated rings. The Bertz CT molecular complexity index is 1210. The fourth-order valence-corrected chi connectivity index (χ4v) is 4.91. The zero-order chi connectivity index (χ0) is 23.2. The Balaban J connectivity index is 1.72. The summed E-state index contributed by atoms with van der Waals surface area (Å²) < 4.78 is 21.6. The van der Waals surface area contributed by atoms with Crippen LogP contribution in [0.5, 0.6) is 5.75 Å². The van der Waals surface area contributed by atoms with Gasteiger partial charge >= 0.3 is 5.97 Å². The molecular formula is C26H26FN3O3. The van der Waals surface area contributed by atoms with Crippen molar-refractivity contribution in [2.75, 3.05) is 25.6 Å². The first-order chi connectivity index (χ1) is 15.9. The fourth-order valence-electron chi connectivity index (χ4n) is 4.91. The molecular weight excluding hydrogens is 421 g/mol. The molecule has 1 atom stereocenters. The van der Waals surface area contributed by atoms with Gasteiger partial charge in [-0.2, -0.15) is 0 Å². The van der Waals surface area contributed by atoms with Crippen LogP contribution in [0.2, 0.25) is 0 Å². The van der Waals surface area contributed by atoms with E-state index >= 15 is 4.39 Å². The average molecular weight is 448 g/mol. The van der Waals surface area contributed by atoms with Gasteiger partial charge in [-0.15, -0.1) is 0 Å². The number of ether oxygens (including phenoxy) is 1. The van der Waals surface area contributed by atoms with Crippen LogP contribution in [0, 0.1) is 11.7 Å². The molecule has 1 unspecified atom stereocenters. The number of halogens is 1. The Morgan fingerprint density at radius 3 is 2.79 bits per heavy atom. The number of nitrogens with zero attached hydrogens (tertiary/aromatic N) is 3. The lowest BCUT2D eigenvalue weighted by molar-refractivity contribution is 0.0696. The number of fused-ring (bicyclic) bond motifs is 1. The van der Waals surface area contributed by atoms with E-state index in [9.17, 15) is 9.90 Å². The van der Waals surface area contributed by atoms with Crippen molar-refractivity contribution in [1.29, 1.82) is 0 Å². The molecule has 6 nitrogen and oxygen atoms in total. The van der Waals surface area contributed by atoms with Crippen molar-refractivity contribution in [2.45, 2.75) is 25.0 Å². The summed E-state index contributed by atoms with van der Waals surface area (Å²) in [6.07, 6.45) is 5.30. The van der Waals surface area contributed by atoms with Gasteiger partial charge in [-0.1, -0.05) is 24.3 Å². The van der Waals surface area contributed by atoms with Crippen molar-refractivity contribution in [3.8, 4) is 5.75 Å². The summed E-state index contributed by atoms with van der Waals surface area (Å²) in [6, 6.07) is 14.2. The smallest absolute Gasteiger partial charge is 0.337 e. The molecule has 1 aliphatic heterocycles. The molecule has 2 aromatic carbocycles. The summed E-state index contributed by atoms with van der Waals surface area (Å²) in [5.74, 6) is -0.276. The van der Waals surface area contributed by atoms with Gasteiger partial charge in [0.2, 0.25) is 0 Å². The minimum absolute atomic E-state index is 0.103. The highest BCUT2D eigenvalue weighted by Gasteiger charge is 2.50. The van der Waals surface area contributed by atoms with Gasteiger partial charge in [0.1, 0.15) is 17.2 Å². The average Bonchev–Trinajstić information content (AvgIpc) is 3.60. The number of pyridine rings is 1. The predicted octanol–water partition coefficient (Wildman–Crippen LogP) is 4.49. The van der Waals surface area contributed by atoms with Gasteiger partial charge in [-0.25, -0.2) is 9.18 Å². The second-order valence-electron chi connectivity index (χ2n) is 8.84. The van der Waals surface area contributed by atoms with E-state index in [2.05, 4.69) is 4.98 Å². The van der Waals surface area contributed by atoms with E-state index in [0.717, 1.165) is 24.0 Å². The Hall–Kier alpha value is -3.45. The van der Waals surface area contributed by atoms with Gasteiger partial charge in [-0.3, -0.25) is 9.88 Å². The molecule has 33 heavy (non-hydrogen) atoms. The third-order valence-corrected chi connectivity index (χ3v) is 6.73. The van der Waals surface area contributed by atoms with Gasteiger partial charge in [-0.05, 0) is 55.6 Å². The van der Waals surface area contributed by atoms with E-state index in [1.165, 1.54) is 24.5 Å². The number of carboxylic acids is 1. The first-order valence-electron chi connectivity index (χ1n) is 11.1. The molecule has 0 bridgehead atoms. The molecule has 1 aromatic heterocycles. The number of aromatic nitrogens is 1. The number of carboxylic acid groups (broad SMARTS) is 1. The Morgan fingerprint density at radius 2 is 2.03 bits per heavy atom. The predicted molar refractivity (Wildman–Crippen MR) is 123 cm³/mol. The van der Waals surface area contributed by atoms with Crippen LogP contribution in [0.3, 0.4) is 0 Å². The molecule has 2 aliphatic rings. The number of anilines is 1. The highest BCUT2D eigenvalue weighted by Crippen LogP contribution is 2.49. The molecule has 0 saturated heterocycles. The molecule has 1 N–H and O–H groups in total. The Kier molecular flexibility index (Phi) is 5.29. The lowest BCUT2D eigenvalue weighted by Crippen LogP contribution is -2.54. The van der Waals surface area contributed by atoms with Gasteiger partial charge in [0, 0.05) is 30.9 Å². The third kappa shape index (κ3) is 3.53. The van der Waals surface area contributed by atoms with E-state index in [1.807, 2.05) is 41.1 Å². The van der Waals surface area contributed by atoms with Crippen LogP contribution >= 0.6 is 0 Å². The van der Waals surface area contributed by atoms with E-state index in [0.29, 0.717) is 36.1 Å². The van der Waals surface area contributed by atoms with Gasteiger partial charge in [0.05, 0.1) is 24.1 Å². The molecule has 2 heterocycles. The van der Waals surface area contributed by atoms with E-state index in [1.54, 1.807) is 19.2 Å². The SMILES string of the molecule is CN1Cc2ccccc2C1(c1cc(OCC2CC2)ccc1F)N(C)c1cnccc1C(=O)O. The zero-order valence-corrected chi connectivity index (χ0v) is 18.7. The maximum atomic E-state index is 15.6. The van der Waals surface area contributed by atoms with Crippen molar-refractivity contribution >= 4 is 11.7 Å². The highest BCUT2D eigenvalue weighted by molar-refractivity contribution is 5.94.